The average Bonchev–Trinajstić information content (AvgIpc) is 3.02. The van der Waals surface area contributed by atoms with Gasteiger partial charge in [0.05, 0.1) is 0 Å². The zero-order chi connectivity index (χ0) is 33.6. The number of unbranched alkanes of at least 4 members (excludes halogenated alkanes) is 19. The standard InChI is InChI=1S/C39H77NO2.C3H8/c1-6-9-12-15-18-21-24-27-32-37(33-28-25-22-19-16-13-10-7-2)38(34-29-26-23-20-17-14-11-8-3)42-39(41)35-30-31-36-40(4)5;1-3-2/h20,23,37-38H,6-19,21-22,24-36H2,1-5H3;3H2,1-2H3/b23-20-;. The molecule has 0 aliphatic rings. The highest BCUT2D eigenvalue weighted by molar-refractivity contribution is 5.69. The molecule has 0 aromatic carbocycles. The largest absolute Gasteiger partial charge is 0.462 e. The lowest BCUT2D eigenvalue weighted by atomic mass is 9.87. The molecule has 1 unspecified atom stereocenters. The minimum atomic E-state index is 0.0470. The van der Waals surface area contributed by atoms with E-state index in [9.17, 15) is 4.79 Å². The van der Waals surface area contributed by atoms with Gasteiger partial charge in [0.15, 0.2) is 0 Å². The van der Waals surface area contributed by atoms with Crippen molar-refractivity contribution in [2.24, 2.45) is 5.92 Å². The van der Waals surface area contributed by atoms with Gasteiger partial charge in [0.2, 0.25) is 0 Å². The second-order valence-electron chi connectivity index (χ2n) is 14.2. The van der Waals surface area contributed by atoms with Crippen LogP contribution in [0.4, 0.5) is 0 Å². The van der Waals surface area contributed by atoms with Crippen molar-refractivity contribution in [3.05, 3.63) is 12.2 Å². The van der Waals surface area contributed by atoms with Crippen LogP contribution in [-0.4, -0.2) is 37.6 Å². The van der Waals surface area contributed by atoms with E-state index in [-0.39, 0.29) is 12.1 Å². The highest BCUT2D eigenvalue weighted by Gasteiger charge is 2.24. The number of nitrogens with zero attached hydrogens (tertiary/aromatic N) is 1. The van der Waals surface area contributed by atoms with E-state index in [2.05, 4.69) is 65.8 Å². The highest BCUT2D eigenvalue weighted by atomic mass is 16.5. The van der Waals surface area contributed by atoms with Crippen LogP contribution < -0.4 is 0 Å². The number of esters is 1. The molecule has 0 saturated carbocycles. The van der Waals surface area contributed by atoms with Gasteiger partial charge in [-0.05, 0) is 84.3 Å². The smallest absolute Gasteiger partial charge is 0.306 e. The Balaban J connectivity index is 0. The van der Waals surface area contributed by atoms with Crippen LogP contribution in [0.5, 0.6) is 0 Å². The number of hydrogen-bond donors (Lipinski definition) is 0. The molecule has 3 heteroatoms. The first-order valence-corrected chi connectivity index (χ1v) is 20.5. The molecule has 45 heavy (non-hydrogen) atoms. The molecule has 0 aliphatic heterocycles. The van der Waals surface area contributed by atoms with Crippen molar-refractivity contribution < 1.29 is 9.53 Å². The lowest BCUT2D eigenvalue weighted by molar-refractivity contribution is -0.153. The third-order valence-electron chi connectivity index (χ3n) is 8.90. The van der Waals surface area contributed by atoms with Crippen molar-refractivity contribution in [1.29, 1.82) is 0 Å². The van der Waals surface area contributed by atoms with Gasteiger partial charge in [-0.3, -0.25) is 4.79 Å². The summed E-state index contributed by atoms with van der Waals surface area (Å²) in [6.07, 6.45) is 41.4. The van der Waals surface area contributed by atoms with Crippen LogP contribution in [-0.2, 0) is 9.53 Å². The van der Waals surface area contributed by atoms with Crippen LogP contribution >= 0.6 is 0 Å². The Kier molecular flexibility index (Phi) is 40.5. The molecular weight excluding hydrogens is 550 g/mol. The zero-order valence-electron chi connectivity index (χ0n) is 32.3. The van der Waals surface area contributed by atoms with Crippen LogP contribution in [0.2, 0.25) is 0 Å². The van der Waals surface area contributed by atoms with Gasteiger partial charge < -0.3 is 9.64 Å². The van der Waals surface area contributed by atoms with Gasteiger partial charge >= 0.3 is 5.97 Å². The average molecular weight is 636 g/mol. The summed E-state index contributed by atoms with van der Waals surface area (Å²) in [7, 11) is 4.21. The van der Waals surface area contributed by atoms with Gasteiger partial charge in [-0.2, -0.15) is 0 Å². The molecule has 0 aromatic heterocycles. The summed E-state index contributed by atoms with van der Waals surface area (Å²) >= 11 is 0. The summed E-state index contributed by atoms with van der Waals surface area (Å²) in [6.45, 7) is 12.2. The number of hydrogen-bond acceptors (Lipinski definition) is 3. The van der Waals surface area contributed by atoms with E-state index in [1.54, 1.807) is 0 Å². The number of ether oxygens (including phenoxy) is 1. The maximum absolute atomic E-state index is 13.0. The summed E-state index contributed by atoms with van der Waals surface area (Å²) in [5.41, 5.74) is 0. The quantitative estimate of drug-likeness (QED) is 0.0408. The lowest BCUT2D eigenvalue weighted by Gasteiger charge is -2.28. The number of carbonyl (C=O) groups excluding carboxylic acids is 1. The first-order chi connectivity index (χ1) is 22.0. The van der Waals surface area contributed by atoms with E-state index < -0.39 is 0 Å². The molecule has 0 amide bonds. The van der Waals surface area contributed by atoms with E-state index in [1.165, 1.54) is 148 Å². The van der Waals surface area contributed by atoms with Crippen LogP contribution in [0, 0.1) is 5.92 Å². The lowest BCUT2D eigenvalue weighted by Crippen LogP contribution is -2.27. The number of carbonyl (C=O) groups is 1. The monoisotopic (exact) mass is 636 g/mol. The maximum Gasteiger partial charge on any atom is 0.306 e. The molecule has 3 nitrogen and oxygen atoms in total. The van der Waals surface area contributed by atoms with Crippen molar-refractivity contribution in [1.82, 2.24) is 4.90 Å². The third kappa shape index (κ3) is 37.5. The Hall–Kier alpha value is -0.830. The van der Waals surface area contributed by atoms with E-state index >= 15 is 0 Å². The second-order valence-corrected chi connectivity index (χ2v) is 14.2. The second kappa shape index (κ2) is 39.3. The minimum Gasteiger partial charge on any atom is -0.462 e. The van der Waals surface area contributed by atoms with Gasteiger partial charge in [-0.25, -0.2) is 0 Å². The van der Waals surface area contributed by atoms with Crippen LogP contribution in [0.1, 0.15) is 221 Å². The summed E-state index contributed by atoms with van der Waals surface area (Å²) < 4.78 is 6.35. The molecule has 0 rings (SSSR count). The fraction of sp³-hybridized carbons (Fsp3) is 0.929. The summed E-state index contributed by atoms with van der Waals surface area (Å²) in [6, 6.07) is 0. The zero-order valence-corrected chi connectivity index (χ0v) is 32.3. The topological polar surface area (TPSA) is 29.5 Å². The van der Waals surface area contributed by atoms with E-state index in [1.807, 2.05) is 0 Å². The first-order valence-electron chi connectivity index (χ1n) is 20.5. The summed E-state index contributed by atoms with van der Waals surface area (Å²) in [5.74, 6) is 0.579. The van der Waals surface area contributed by atoms with Gasteiger partial charge in [0.25, 0.3) is 0 Å². The Morgan fingerprint density at radius 1 is 0.533 bits per heavy atom. The van der Waals surface area contributed by atoms with E-state index in [0.717, 1.165) is 38.6 Å². The fourth-order valence-corrected chi connectivity index (χ4v) is 6.10. The van der Waals surface area contributed by atoms with Crippen molar-refractivity contribution in [3.63, 3.8) is 0 Å². The SMILES string of the molecule is CCC.CCCCC/C=C\CCCC(OC(=O)CCCCN(C)C)C(CCCCCCCCCC)CCCCCCCCCC. The summed E-state index contributed by atoms with van der Waals surface area (Å²) in [5, 5.41) is 0. The molecule has 1 atom stereocenters. The van der Waals surface area contributed by atoms with Gasteiger partial charge in [0.1, 0.15) is 6.10 Å². The molecule has 0 bridgehead atoms. The minimum absolute atomic E-state index is 0.0470. The Labute approximate surface area is 285 Å². The molecule has 0 heterocycles. The summed E-state index contributed by atoms with van der Waals surface area (Å²) in [4.78, 5) is 15.2. The van der Waals surface area contributed by atoms with Crippen molar-refractivity contribution in [3.8, 4) is 0 Å². The normalized spacial score (nSPS) is 12.2. The molecule has 0 spiro atoms. The van der Waals surface area contributed by atoms with Crippen LogP contribution in [0.3, 0.4) is 0 Å². The van der Waals surface area contributed by atoms with Crippen molar-refractivity contribution in [2.75, 3.05) is 20.6 Å². The highest BCUT2D eigenvalue weighted by Crippen LogP contribution is 2.28. The van der Waals surface area contributed by atoms with Gasteiger partial charge in [0, 0.05) is 6.42 Å². The predicted octanol–water partition coefficient (Wildman–Crippen LogP) is 14.0. The number of rotatable bonds is 33. The molecule has 0 fully saturated rings. The molecule has 0 aromatic rings. The molecule has 0 aliphatic carbocycles. The molecular formula is C42H85NO2. The van der Waals surface area contributed by atoms with Crippen molar-refractivity contribution >= 4 is 5.97 Å². The fourth-order valence-electron chi connectivity index (χ4n) is 6.10. The van der Waals surface area contributed by atoms with Gasteiger partial charge in [-0.15, -0.1) is 0 Å². The number of allylic oxidation sites excluding steroid dienone is 2. The molecule has 0 N–H and O–H groups in total. The predicted molar refractivity (Wildman–Crippen MR) is 203 cm³/mol. The van der Waals surface area contributed by atoms with Crippen LogP contribution in [0.15, 0.2) is 12.2 Å². The molecule has 270 valence electrons. The molecule has 0 saturated heterocycles. The van der Waals surface area contributed by atoms with Crippen molar-refractivity contribution in [2.45, 2.75) is 227 Å². The van der Waals surface area contributed by atoms with E-state index in [0.29, 0.717) is 12.3 Å². The molecule has 0 radical (unpaired) electrons. The third-order valence-corrected chi connectivity index (χ3v) is 8.90. The van der Waals surface area contributed by atoms with E-state index in [4.69, 9.17) is 4.74 Å². The van der Waals surface area contributed by atoms with Crippen LogP contribution in [0.25, 0.3) is 0 Å². The Morgan fingerprint density at radius 2 is 0.956 bits per heavy atom. The Morgan fingerprint density at radius 3 is 1.42 bits per heavy atom. The van der Waals surface area contributed by atoms with Gasteiger partial charge in [-0.1, -0.05) is 169 Å². The first kappa shape index (κ1) is 46.3. The Bertz CT molecular complexity index is 567. The maximum atomic E-state index is 13.0.